The summed E-state index contributed by atoms with van der Waals surface area (Å²) in [5.74, 6) is 0.119. The highest BCUT2D eigenvalue weighted by atomic mass is 16.2. The molecule has 1 aliphatic carbocycles. The van der Waals surface area contributed by atoms with E-state index in [-0.39, 0.29) is 11.8 Å². The highest BCUT2D eigenvalue weighted by Crippen LogP contribution is 2.33. The van der Waals surface area contributed by atoms with Gasteiger partial charge in [-0.2, -0.15) is 5.10 Å². The van der Waals surface area contributed by atoms with Crippen LogP contribution in [0.1, 0.15) is 41.3 Å². The normalized spacial score (nSPS) is 18.7. The monoisotopic (exact) mass is 358 g/mol. The number of rotatable bonds is 2. The van der Waals surface area contributed by atoms with Crippen LogP contribution in [0, 0.1) is 0 Å². The molecule has 0 N–H and O–H groups in total. The molecule has 0 fully saturated rings. The molecule has 3 aromatic rings. The van der Waals surface area contributed by atoms with Crippen molar-refractivity contribution in [3.63, 3.8) is 0 Å². The molecule has 5 rings (SSSR count). The summed E-state index contributed by atoms with van der Waals surface area (Å²) in [6.07, 6.45) is 7.53. The van der Waals surface area contributed by atoms with Crippen LogP contribution in [0.15, 0.2) is 54.9 Å². The quantitative estimate of drug-likeness (QED) is 0.706. The van der Waals surface area contributed by atoms with E-state index < -0.39 is 0 Å². The minimum atomic E-state index is -0.0966. The van der Waals surface area contributed by atoms with E-state index in [2.05, 4.69) is 28.3 Å². The summed E-state index contributed by atoms with van der Waals surface area (Å²) in [6.45, 7) is 1.38. The fraction of sp³-hybridized carbons (Fsp3) is 0.318. The van der Waals surface area contributed by atoms with Gasteiger partial charge in [-0.15, -0.1) is 0 Å². The summed E-state index contributed by atoms with van der Waals surface area (Å²) in [5, 5.41) is 4.58. The van der Waals surface area contributed by atoms with Crippen LogP contribution in [-0.2, 0) is 24.2 Å². The molecule has 2 aliphatic rings. The van der Waals surface area contributed by atoms with E-state index in [1.54, 1.807) is 0 Å². The number of carbonyl (C=O) groups is 1. The Morgan fingerprint density at radius 1 is 1.04 bits per heavy atom. The number of para-hydroxylation sites is 1. The van der Waals surface area contributed by atoms with Gasteiger partial charge in [0, 0.05) is 31.3 Å². The first-order valence-electron chi connectivity index (χ1n) is 9.65. The summed E-state index contributed by atoms with van der Waals surface area (Å²) in [4.78, 5) is 19.8. The van der Waals surface area contributed by atoms with Crippen molar-refractivity contribution >= 4 is 5.91 Å². The molecule has 0 spiro atoms. The van der Waals surface area contributed by atoms with Gasteiger partial charge in [-0.1, -0.05) is 24.3 Å². The van der Waals surface area contributed by atoms with Crippen LogP contribution < -0.4 is 0 Å². The Bertz CT molecular complexity index is 979. The van der Waals surface area contributed by atoms with Crippen molar-refractivity contribution in [2.45, 2.75) is 38.1 Å². The molecule has 27 heavy (non-hydrogen) atoms. The zero-order valence-corrected chi connectivity index (χ0v) is 15.2. The third-order valence-corrected chi connectivity index (χ3v) is 5.74. The molecule has 0 saturated carbocycles. The molecule has 0 saturated heterocycles. The van der Waals surface area contributed by atoms with Gasteiger partial charge in [0.05, 0.1) is 29.2 Å². The Hall–Kier alpha value is -2.95. The van der Waals surface area contributed by atoms with Crippen LogP contribution in [0.4, 0.5) is 0 Å². The molecule has 0 radical (unpaired) electrons. The minimum absolute atomic E-state index is 0.0966. The Morgan fingerprint density at radius 2 is 1.93 bits per heavy atom. The number of pyridine rings is 1. The zero-order valence-electron chi connectivity index (χ0n) is 15.2. The topological polar surface area (TPSA) is 51.0 Å². The van der Waals surface area contributed by atoms with Crippen molar-refractivity contribution in [1.82, 2.24) is 19.7 Å². The Labute approximate surface area is 158 Å². The highest BCUT2D eigenvalue weighted by molar-refractivity contribution is 5.84. The fourth-order valence-electron chi connectivity index (χ4n) is 4.38. The van der Waals surface area contributed by atoms with Crippen molar-refractivity contribution in [2.24, 2.45) is 0 Å². The first kappa shape index (κ1) is 16.2. The number of hydrogen-bond acceptors (Lipinski definition) is 3. The third-order valence-electron chi connectivity index (χ3n) is 5.74. The number of hydrogen-bond donors (Lipinski definition) is 0. The minimum Gasteiger partial charge on any atom is -0.337 e. The van der Waals surface area contributed by atoms with Gasteiger partial charge >= 0.3 is 0 Å². The lowest BCUT2D eigenvalue weighted by Gasteiger charge is -2.32. The summed E-state index contributed by atoms with van der Waals surface area (Å²) in [7, 11) is 0. The molecule has 1 unspecified atom stereocenters. The van der Waals surface area contributed by atoms with Crippen molar-refractivity contribution in [3.05, 3.63) is 77.4 Å². The van der Waals surface area contributed by atoms with Crippen molar-refractivity contribution in [1.29, 1.82) is 0 Å². The molecule has 1 aliphatic heterocycles. The van der Waals surface area contributed by atoms with E-state index in [4.69, 9.17) is 0 Å². The van der Waals surface area contributed by atoms with E-state index in [1.807, 2.05) is 46.2 Å². The average Bonchev–Trinajstić information content (AvgIpc) is 3.17. The number of fused-ring (bicyclic) bond motifs is 2. The van der Waals surface area contributed by atoms with Crippen LogP contribution >= 0.6 is 0 Å². The first-order chi connectivity index (χ1) is 13.3. The number of carbonyl (C=O) groups excluding carboxylic acids is 1. The SMILES string of the molecule is O=C(C1CCCc2cccnc21)N1CCc2c(cnn2-c2ccccc2)C1. The van der Waals surface area contributed by atoms with Crippen LogP contribution in [0.5, 0.6) is 0 Å². The first-order valence-corrected chi connectivity index (χ1v) is 9.65. The second kappa shape index (κ2) is 6.65. The van der Waals surface area contributed by atoms with E-state index in [9.17, 15) is 4.79 Å². The molecule has 2 aromatic heterocycles. The van der Waals surface area contributed by atoms with E-state index in [1.165, 1.54) is 11.3 Å². The highest BCUT2D eigenvalue weighted by Gasteiger charge is 2.33. The van der Waals surface area contributed by atoms with E-state index in [0.717, 1.165) is 49.2 Å². The van der Waals surface area contributed by atoms with E-state index >= 15 is 0 Å². The summed E-state index contributed by atoms with van der Waals surface area (Å²) < 4.78 is 2.01. The summed E-state index contributed by atoms with van der Waals surface area (Å²) >= 11 is 0. The van der Waals surface area contributed by atoms with Gasteiger partial charge in [0.25, 0.3) is 0 Å². The molecular weight excluding hydrogens is 336 g/mol. The number of amides is 1. The molecule has 0 bridgehead atoms. The maximum absolute atomic E-state index is 13.3. The largest absolute Gasteiger partial charge is 0.337 e. The average molecular weight is 358 g/mol. The molecular formula is C22H22N4O. The molecule has 136 valence electrons. The summed E-state index contributed by atoms with van der Waals surface area (Å²) in [5.41, 5.74) is 5.66. The maximum Gasteiger partial charge on any atom is 0.232 e. The van der Waals surface area contributed by atoms with Gasteiger partial charge in [0.15, 0.2) is 0 Å². The van der Waals surface area contributed by atoms with Crippen LogP contribution in [-0.4, -0.2) is 32.1 Å². The Kier molecular flexibility index (Phi) is 4.00. The van der Waals surface area contributed by atoms with Crippen LogP contribution in [0.3, 0.4) is 0 Å². The third kappa shape index (κ3) is 2.83. The van der Waals surface area contributed by atoms with Crippen molar-refractivity contribution in [2.75, 3.05) is 6.54 Å². The lowest BCUT2D eigenvalue weighted by atomic mass is 9.85. The lowest BCUT2D eigenvalue weighted by Crippen LogP contribution is -2.40. The molecule has 5 heteroatoms. The fourth-order valence-corrected chi connectivity index (χ4v) is 4.38. The van der Waals surface area contributed by atoms with Gasteiger partial charge in [-0.3, -0.25) is 9.78 Å². The van der Waals surface area contributed by atoms with Gasteiger partial charge < -0.3 is 4.90 Å². The van der Waals surface area contributed by atoms with Gasteiger partial charge in [-0.25, -0.2) is 4.68 Å². The smallest absolute Gasteiger partial charge is 0.232 e. The number of benzene rings is 1. The van der Waals surface area contributed by atoms with Crippen molar-refractivity contribution in [3.8, 4) is 5.69 Å². The van der Waals surface area contributed by atoms with E-state index in [0.29, 0.717) is 6.54 Å². The molecule has 3 heterocycles. The molecule has 5 nitrogen and oxygen atoms in total. The van der Waals surface area contributed by atoms with Gasteiger partial charge in [0.2, 0.25) is 5.91 Å². The second-order valence-electron chi connectivity index (χ2n) is 7.37. The van der Waals surface area contributed by atoms with Gasteiger partial charge in [0.1, 0.15) is 0 Å². The molecule has 1 amide bonds. The maximum atomic E-state index is 13.3. The molecule has 1 atom stereocenters. The lowest BCUT2D eigenvalue weighted by molar-refractivity contribution is -0.134. The number of nitrogens with zero attached hydrogens (tertiary/aromatic N) is 4. The second-order valence-corrected chi connectivity index (χ2v) is 7.37. The zero-order chi connectivity index (χ0) is 18.2. The number of aromatic nitrogens is 3. The van der Waals surface area contributed by atoms with Crippen LogP contribution in [0.2, 0.25) is 0 Å². The molecule has 1 aromatic carbocycles. The predicted octanol–water partition coefficient (Wildman–Crippen LogP) is 3.27. The predicted molar refractivity (Wildman–Crippen MR) is 103 cm³/mol. The van der Waals surface area contributed by atoms with Crippen LogP contribution in [0.25, 0.3) is 5.69 Å². The Morgan fingerprint density at radius 3 is 2.81 bits per heavy atom. The standard InChI is InChI=1S/C22H22N4O/c27-22(19-10-4-6-16-7-5-12-23-21(16)19)25-13-11-20-17(15-25)14-24-26(20)18-8-2-1-3-9-18/h1-3,5,7-9,12,14,19H,4,6,10-11,13,15H2. The van der Waals surface area contributed by atoms with Gasteiger partial charge in [-0.05, 0) is 43.0 Å². The number of aryl methyl sites for hydroxylation is 1. The summed E-state index contributed by atoms with van der Waals surface area (Å²) in [6, 6.07) is 14.3. The van der Waals surface area contributed by atoms with Crippen molar-refractivity contribution < 1.29 is 4.79 Å². The Balaban J connectivity index is 1.39.